The average molecular weight is 762 g/mol. The van der Waals surface area contributed by atoms with Crippen LogP contribution >= 0.6 is 0 Å². The second kappa shape index (κ2) is 15.4. The van der Waals surface area contributed by atoms with E-state index in [0.29, 0.717) is 5.92 Å². The molecule has 1 unspecified atom stereocenters. The average Bonchev–Trinajstić information content (AvgIpc) is 3.61. The molecule has 0 amide bonds. The van der Waals surface area contributed by atoms with Crippen molar-refractivity contribution in [3.05, 3.63) is 218 Å². The van der Waals surface area contributed by atoms with Gasteiger partial charge in [0.05, 0.1) is 11.0 Å². The van der Waals surface area contributed by atoms with E-state index in [0.717, 1.165) is 63.0 Å². The Bertz CT molecular complexity index is 2930. The zero-order valence-corrected chi connectivity index (χ0v) is 33.2. The smallest absolute Gasteiger partial charge is 0.159 e. The maximum atomic E-state index is 4.46. The number of fused-ring (bicyclic) bond motifs is 3. The van der Waals surface area contributed by atoms with E-state index >= 15 is 0 Å². The maximum absolute atomic E-state index is 4.46. The first-order valence-corrected chi connectivity index (χ1v) is 20.3. The van der Waals surface area contributed by atoms with Crippen LogP contribution in [0.5, 0.6) is 0 Å². The molecule has 1 aliphatic rings. The molecule has 0 spiro atoms. The lowest BCUT2D eigenvalue weighted by Gasteiger charge is -2.30. The van der Waals surface area contributed by atoms with Gasteiger partial charge in [-0.15, -0.1) is 0 Å². The number of aromatic nitrogens is 3. The summed E-state index contributed by atoms with van der Waals surface area (Å²) in [7, 11) is 0. The summed E-state index contributed by atoms with van der Waals surface area (Å²) in [6.07, 6.45) is 11.3. The van der Waals surface area contributed by atoms with Crippen molar-refractivity contribution < 1.29 is 0 Å². The summed E-state index contributed by atoms with van der Waals surface area (Å²) in [6, 6.07) is 63.2. The van der Waals surface area contributed by atoms with E-state index in [4.69, 9.17) is 0 Å². The van der Waals surface area contributed by atoms with Crippen LogP contribution < -0.4 is 9.80 Å². The molecule has 0 saturated heterocycles. The van der Waals surface area contributed by atoms with Crippen LogP contribution in [0.15, 0.2) is 212 Å². The minimum atomic E-state index is 0.457. The molecule has 10 rings (SSSR count). The van der Waals surface area contributed by atoms with Crippen LogP contribution in [-0.4, -0.2) is 14.5 Å². The predicted octanol–water partition coefficient (Wildman–Crippen LogP) is 14.3. The van der Waals surface area contributed by atoms with E-state index in [1.807, 2.05) is 6.07 Å². The molecule has 2 heterocycles. The molecular formula is C54H43N5. The molecule has 0 fully saturated rings. The highest BCUT2D eigenvalue weighted by atomic mass is 15.2. The topological polar surface area (TPSA) is 37.2 Å². The molecule has 0 radical (unpaired) electrons. The lowest BCUT2D eigenvalue weighted by molar-refractivity contribution is 0.696. The molecule has 5 nitrogen and oxygen atoms in total. The van der Waals surface area contributed by atoms with Crippen molar-refractivity contribution in [2.45, 2.75) is 20.3 Å². The number of hydrogen-bond acceptors (Lipinski definition) is 4. The summed E-state index contributed by atoms with van der Waals surface area (Å²) in [6.45, 7) is 4.45. The van der Waals surface area contributed by atoms with Gasteiger partial charge < -0.3 is 14.4 Å². The Morgan fingerprint density at radius 2 is 1.07 bits per heavy atom. The third kappa shape index (κ3) is 6.87. The Morgan fingerprint density at radius 1 is 0.525 bits per heavy atom. The summed E-state index contributed by atoms with van der Waals surface area (Å²) in [5.74, 6) is 1.19. The van der Waals surface area contributed by atoms with E-state index in [9.17, 15) is 0 Å². The number of nitrogens with zero attached hydrogens (tertiary/aromatic N) is 5. The molecule has 59 heavy (non-hydrogen) atoms. The summed E-state index contributed by atoms with van der Waals surface area (Å²) in [4.78, 5) is 13.7. The minimum Gasteiger partial charge on any atom is -0.314 e. The molecule has 0 N–H and O–H groups in total. The van der Waals surface area contributed by atoms with Gasteiger partial charge in [0.15, 0.2) is 5.82 Å². The fourth-order valence-electron chi connectivity index (χ4n) is 8.57. The third-order valence-electron chi connectivity index (χ3n) is 11.3. The number of anilines is 5. The number of aryl methyl sites for hydroxylation is 1. The summed E-state index contributed by atoms with van der Waals surface area (Å²) in [5.41, 5.74) is 14.9. The van der Waals surface area contributed by atoms with Gasteiger partial charge in [-0.3, -0.25) is 0 Å². The number of rotatable bonds is 9. The largest absolute Gasteiger partial charge is 0.314 e. The van der Waals surface area contributed by atoms with Gasteiger partial charge >= 0.3 is 0 Å². The molecule has 5 heteroatoms. The highest BCUT2D eigenvalue weighted by Crippen LogP contribution is 2.43. The van der Waals surface area contributed by atoms with E-state index in [2.05, 4.69) is 226 Å². The lowest BCUT2D eigenvalue weighted by Crippen LogP contribution is -2.19. The Morgan fingerprint density at radius 3 is 1.63 bits per heavy atom. The summed E-state index contributed by atoms with van der Waals surface area (Å²) < 4.78 is 2.41. The Kier molecular flexibility index (Phi) is 9.39. The number of hydrogen-bond donors (Lipinski definition) is 0. The molecule has 284 valence electrons. The van der Waals surface area contributed by atoms with Gasteiger partial charge in [-0.1, -0.05) is 97.9 Å². The van der Waals surface area contributed by atoms with Crippen LogP contribution in [0.1, 0.15) is 18.9 Å². The van der Waals surface area contributed by atoms with Gasteiger partial charge in [0.1, 0.15) is 0 Å². The molecule has 9 aromatic rings. The standard InChI is InChI=1S/C54H43N5/c1-38-14-12-21-46(34-38)58(44-19-10-5-11-20-44)48-28-31-53-51(37-48)50-36-47(57(42-15-6-3-7-16-42)43-17-8-4-9-18-43)27-30-52(50)59(53)45-25-22-40(23-26-45)49-29-24-41(35-39(49)2)54-55-32-13-33-56-54/h3-33,35-38H,34H2,1-2H3. The van der Waals surface area contributed by atoms with E-state index < -0.39 is 0 Å². The highest BCUT2D eigenvalue weighted by Gasteiger charge is 2.22. The fraction of sp³-hybridized carbons (Fsp3) is 0.0741. The fourth-order valence-corrected chi connectivity index (χ4v) is 8.57. The van der Waals surface area contributed by atoms with Gasteiger partial charge in [0.2, 0.25) is 0 Å². The summed E-state index contributed by atoms with van der Waals surface area (Å²) in [5, 5.41) is 2.38. The number of allylic oxidation sites excluding steroid dienone is 4. The van der Waals surface area contributed by atoms with Gasteiger partial charge in [0.25, 0.3) is 0 Å². The molecule has 1 aliphatic carbocycles. The van der Waals surface area contributed by atoms with Crippen LogP contribution in [0.25, 0.3) is 50.0 Å². The zero-order valence-electron chi connectivity index (χ0n) is 33.2. The summed E-state index contributed by atoms with van der Waals surface area (Å²) >= 11 is 0. The quantitative estimate of drug-likeness (QED) is 0.147. The van der Waals surface area contributed by atoms with Crippen LogP contribution in [0, 0.1) is 12.8 Å². The Hall–Kier alpha value is -7.50. The van der Waals surface area contributed by atoms with Gasteiger partial charge in [-0.2, -0.15) is 0 Å². The molecular weight excluding hydrogens is 719 g/mol. The molecule has 0 aliphatic heterocycles. The molecule has 7 aromatic carbocycles. The van der Waals surface area contributed by atoms with E-state index in [1.165, 1.54) is 33.2 Å². The van der Waals surface area contributed by atoms with Crippen molar-refractivity contribution in [3.63, 3.8) is 0 Å². The Labute approximate surface area is 345 Å². The first-order chi connectivity index (χ1) is 29.1. The number of para-hydroxylation sites is 3. The van der Waals surface area contributed by atoms with E-state index in [1.54, 1.807) is 12.4 Å². The van der Waals surface area contributed by atoms with Gasteiger partial charge in [0, 0.05) is 68.6 Å². The predicted molar refractivity (Wildman–Crippen MR) is 246 cm³/mol. The minimum absolute atomic E-state index is 0.457. The number of benzene rings is 7. The molecule has 0 bridgehead atoms. The third-order valence-corrected chi connectivity index (χ3v) is 11.3. The monoisotopic (exact) mass is 761 g/mol. The van der Waals surface area contributed by atoms with Crippen molar-refractivity contribution in [2.24, 2.45) is 5.92 Å². The maximum Gasteiger partial charge on any atom is 0.159 e. The van der Waals surface area contributed by atoms with Crippen LogP contribution in [-0.2, 0) is 0 Å². The van der Waals surface area contributed by atoms with Crippen molar-refractivity contribution in [2.75, 3.05) is 9.80 Å². The van der Waals surface area contributed by atoms with Crippen molar-refractivity contribution in [1.82, 2.24) is 14.5 Å². The molecule has 1 atom stereocenters. The van der Waals surface area contributed by atoms with Gasteiger partial charge in [-0.25, -0.2) is 9.97 Å². The van der Waals surface area contributed by atoms with Crippen LogP contribution in [0.3, 0.4) is 0 Å². The Balaban J connectivity index is 1.14. The molecule has 0 saturated carbocycles. The van der Waals surface area contributed by atoms with Crippen LogP contribution in [0.4, 0.5) is 28.4 Å². The highest BCUT2D eigenvalue weighted by molar-refractivity contribution is 6.12. The SMILES string of the molecule is Cc1cc(-c2ncccn2)ccc1-c1ccc(-n2c3ccc(N(C4=CC=CC(C)C4)c4ccccc4)cc3c3cc(N(c4ccccc4)c4ccccc4)ccc32)cc1. The lowest BCUT2D eigenvalue weighted by atomic mass is 9.98. The first-order valence-electron chi connectivity index (χ1n) is 20.3. The van der Waals surface area contributed by atoms with Crippen molar-refractivity contribution in [1.29, 1.82) is 0 Å². The zero-order chi connectivity index (χ0) is 39.7. The van der Waals surface area contributed by atoms with Crippen LogP contribution in [0.2, 0.25) is 0 Å². The normalized spacial score (nSPS) is 13.7. The van der Waals surface area contributed by atoms with Crippen molar-refractivity contribution in [3.8, 4) is 28.2 Å². The second-order valence-electron chi connectivity index (χ2n) is 15.3. The first kappa shape index (κ1) is 35.9. The van der Waals surface area contributed by atoms with Gasteiger partial charge in [-0.05, 0) is 139 Å². The van der Waals surface area contributed by atoms with Crippen molar-refractivity contribution >= 4 is 50.2 Å². The molecule has 2 aromatic heterocycles. The van der Waals surface area contributed by atoms with E-state index in [-0.39, 0.29) is 0 Å². The second-order valence-corrected chi connectivity index (χ2v) is 15.3.